The smallest absolute Gasteiger partial charge is 0.164 e. The topological polar surface area (TPSA) is 38.3 Å². The minimum Gasteiger partial charge on any atom is -0.497 e. The van der Waals surface area contributed by atoms with E-state index in [0.29, 0.717) is 30.0 Å². The molecule has 0 aliphatic heterocycles. The van der Waals surface area contributed by atoms with Gasteiger partial charge in [0.2, 0.25) is 0 Å². The summed E-state index contributed by atoms with van der Waals surface area (Å²) in [5.41, 5.74) is 1.32. The molecule has 110 valence electrons. The molecule has 0 saturated carbocycles. The number of hydrogen-bond donors (Lipinski definition) is 1. The Morgan fingerprint density at radius 3 is 2.57 bits per heavy atom. The fraction of sp³-hybridized carbons (Fsp3) is 0.188. The molecule has 0 aliphatic rings. The molecule has 0 aromatic heterocycles. The van der Waals surface area contributed by atoms with E-state index < -0.39 is 5.82 Å². The SMILES string of the molecule is COc1ccc(C(=O)CCNc2ccc(F)c(Cl)c2)cc1. The predicted molar refractivity (Wildman–Crippen MR) is 81.8 cm³/mol. The van der Waals surface area contributed by atoms with Crippen LogP contribution in [0.5, 0.6) is 5.75 Å². The number of Topliss-reactive ketones (excluding diaryl/α,β-unsaturated/α-hetero) is 1. The third-order valence-corrected chi connectivity index (χ3v) is 3.30. The number of ketones is 1. The Labute approximate surface area is 127 Å². The Hall–Kier alpha value is -2.07. The first-order valence-electron chi connectivity index (χ1n) is 6.46. The van der Waals surface area contributed by atoms with Crippen LogP contribution in [0, 0.1) is 5.82 Å². The molecule has 0 saturated heterocycles. The van der Waals surface area contributed by atoms with Gasteiger partial charge in [-0.3, -0.25) is 4.79 Å². The average molecular weight is 308 g/mol. The molecule has 2 aromatic carbocycles. The second-order valence-electron chi connectivity index (χ2n) is 4.46. The zero-order valence-electron chi connectivity index (χ0n) is 11.5. The Balaban J connectivity index is 1.87. The Bertz CT molecular complexity index is 629. The minimum absolute atomic E-state index is 0.0263. The van der Waals surface area contributed by atoms with E-state index in [1.807, 2.05) is 0 Å². The van der Waals surface area contributed by atoms with Gasteiger partial charge in [0.15, 0.2) is 5.78 Å². The van der Waals surface area contributed by atoms with Crippen LogP contribution >= 0.6 is 11.6 Å². The van der Waals surface area contributed by atoms with Crippen molar-refractivity contribution >= 4 is 23.1 Å². The molecule has 0 heterocycles. The molecule has 2 aromatic rings. The second-order valence-corrected chi connectivity index (χ2v) is 4.86. The summed E-state index contributed by atoms with van der Waals surface area (Å²) in [5.74, 6) is 0.278. The standard InChI is InChI=1S/C16H15ClFNO2/c1-21-13-5-2-11(3-6-13)16(20)8-9-19-12-4-7-15(18)14(17)10-12/h2-7,10,19H,8-9H2,1H3. The fourth-order valence-corrected chi connectivity index (χ4v) is 2.03. The zero-order valence-corrected chi connectivity index (χ0v) is 12.3. The van der Waals surface area contributed by atoms with E-state index in [4.69, 9.17) is 16.3 Å². The molecule has 0 aliphatic carbocycles. The van der Waals surface area contributed by atoms with E-state index in [1.165, 1.54) is 12.1 Å². The number of nitrogens with one attached hydrogen (secondary N) is 1. The second kappa shape index (κ2) is 7.09. The van der Waals surface area contributed by atoms with Gasteiger partial charge in [-0.15, -0.1) is 0 Å². The van der Waals surface area contributed by atoms with Crippen molar-refractivity contribution in [3.05, 3.63) is 58.9 Å². The molecule has 2 rings (SSSR count). The number of ether oxygens (including phenoxy) is 1. The van der Waals surface area contributed by atoms with Crippen LogP contribution in [-0.2, 0) is 0 Å². The highest BCUT2D eigenvalue weighted by atomic mass is 35.5. The molecule has 0 unspecified atom stereocenters. The van der Waals surface area contributed by atoms with Crippen LogP contribution in [0.3, 0.4) is 0 Å². The van der Waals surface area contributed by atoms with Crippen molar-refractivity contribution in [2.24, 2.45) is 0 Å². The van der Waals surface area contributed by atoms with Crippen molar-refractivity contribution in [3.8, 4) is 5.75 Å². The van der Waals surface area contributed by atoms with Crippen LogP contribution in [0.1, 0.15) is 16.8 Å². The molecule has 0 radical (unpaired) electrons. The van der Waals surface area contributed by atoms with Gasteiger partial charge in [0, 0.05) is 24.2 Å². The lowest BCUT2D eigenvalue weighted by Gasteiger charge is -2.07. The number of carbonyl (C=O) groups is 1. The Morgan fingerprint density at radius 1 is 1.24 bits per heavy atom. The predicted octanol–water partition coefficient (Wildman–Crippen LogP) is 4.17. The fourth-order valence-electron chi connectivity index (χ4n) is 1.85. The molecule has 5 heteroatoms. The zero-order chi connectivity index (χ0) is 15.2. The Kier molecular flexibility index (Phi) is 5.17. The quantitative estimate of drug-likeness (QED) is 0.814. The van der Waals surface area contributed by atoms with E-state index in [0.717, 1.165) is 0 Å². The lowest BCUT2D eigenvalue weighted by Crippen LogP contribution is -2.09. The largest absolute Gasteiger partial charge is 0.497 e. The van der Waals surface area contributed by atoms with Gasteiger partial charge in [-0.25, -0.2) is 4.39 Å². The maximum atomic E-state index is 13.0. The maximum absolute atomic E-state index is 13.0. The maximum Gasteiger partial charge on any atom is 0.164 e. The van der Waals surface area contributed by atoms with Gasteiger partial charge in [0.05, 0.1) is 12.1 Å². The molecule has 0 bridgehead atoms. The van der Waals surface area contributed by atoms with Crippen LogP contribution in [0.2, 0.25) is 5.02 Å². The summed E-state index contributed by atoms with van der Waals surface area (Å²) in [6.07, 6.45) is 0.335. The number of rotatable bonds is 6. The average Bonchev–Trinajstić information content (AvgIpc) is 2.51. The highest BCUT2D eigenvalue weighted by Gasteiger charge is 2.06. The van der Waals surface area contributed by atoms with Crippen molar-refractivity contribution in [3.63, 3.8) is 0 Å². The van der Waals surface area contributed by atoms with E-state index in [9.17, 15) is 9.18 Å². The summed E-state index contributed by atoms with van der Waals surface area (Å²) in [6.45, 7) is 0.451. The monoisotopic (exact) mass is 307 g/mol. The van der Waals surface area contributed by atoms with E-state index >= 15 is 0 Å². The van der Waals surface area contributed by atoms with Crippen LogP contribution < -0.4 is 10.1 Å². The summed E-state index contributed by atoms with van der Waals surface area (Å²) in [4.78, 5) is 12.0. The summed E-state index contributed by atoms with van der Waals surface area (Å²) in [5, 5.41) is 3.10. The molecule has 21 heavy (non-hydrogen) atoms. The summed E-state index contributed by atoms with van der Waals surface area (Å²) >= 11 is 5.69. The number of carbonyl (C=O) groups excluding carboxylic acids is 1. The van der Waals surface area contributed by atoms with Crippen molar-refractivity contribution < 1.29 is 13.9 Å². The first-order chi connectivity index (χ1) is 10.1. The van der Waals surface area contributed by atoms with E-state index in [-0.39, 0.29) is 10.8 Å². The lowest BCUT2D eigenvalue weighted by molar-refractivity contribution is 0.0986. The van der Waals surface area contributed by atoms with Crippen LogP contribution in [-0.4, -0.2) is 19.4 Å². The molecular formula is C16H15ClFNO2. The van der Waals surface area contributed by atoms with Gasteiger partial charge in [-0.1, -0.05) is 11.6 Å². The first-order valence-corrected chi connectivity index (χ1v) is 6.84. The highest BCUT2D eigenvalue weighted by Crippen LogP contribution is 2.19. The van der Waals surface area contributed by atoms with Gasteiger partial charge in [-0.05, 0) is 42.5 Å². The molecule has 0 spiro atoms. The summed E-state index contributed by atoms with van der Waals surface area (Å²) in [6, 6.07) is 11.3. The molecular weight excluding hydrogens is 293 g/mol. The molecule has 0 amide bonds. The van der Waals surface area contributed by atoms with Crippen LogP contribution in [0.4, 0.5) is 10.1 Å². The van der Waals surface area contributed by atoms with Gasteiger partial charge in [-0.2, -0.15) is 0 Å². The third kappa shape index (κ3) is 4.20. The van der Waals surface area contributed by atoms with Gasteiger partial charge >= 0.3 is 0 Å². The molecule has 3 nitrogen and oxygen atoms in total. The number of methoxy groups -OCH3 is 1. The Morgan fingerprint density at radius 2 is 1.95 bits per heavy atom. The van der Waals surface area contributed by atoms with Gasteiger partial charge in [0.25, 0.3) is 0 Å². The van der Waals surface area contributed by atoms with Crippen molar-refractivity contribution in [2.75, 3.05) is 19.0 Å². The molecule has 0 fully saturated rings. The summed E-state index contributed by atoms with van der Waals surface area (Å²) < 4.78 is 18.1. The number of anilines is 1. The molecule has 1 N–H and O–H groups in total. The van der Waals surface area contributed by atoms with Crippen molar-refractivity contribution in [1.29, 1.82) is 0 Å². The van der Waals surface area contributed by atoms with Gasteiger partial charge < -0.3 is 10.1 Å². The normalized spacial score (nSPS) is 10.2. The minimum atomic E-state index is -0.462. The highest BCUT2D eigenvalue weighted by molar-refractivity contribution is 6.31. The van der Waals surface area contributed by atoms with Gasteiger partial charge in [0.1, 0.15) is 11.6 Å². The van der Waals surface area contributed by atoms with E-state index in [2.05, 4.69) is 5.32 Å². The molecule has 0 atom stereocenters. The van der Waals surface area contributed by atoms with Crippen molar-refractivity contribution in [1.82, 2.24) is 0 Å². The number of hydrogen-bond acceptors (Lipinski definition) is 3. The number of halogens is 2. The van der Waals surface area contributed by atoms with Crippen LogP contribution in [0.25, 0.3) is 0 Å². The summed E-state index contributed by atoms with van der Waals surface area (Å²) in [7, 11) is 1.58. The van der Waals surface area contributed by atoms with E-state index in [1.54, 1.807) is 37.4 Å². The van der Waals surface area contributed by atoms with Crippen LogP contribution in [0.15, 0.2) is 42.5 Å². The number of benzene rings is 2. The van der Waals surface area contributed by atoms with Crippen molar-refractivity contribution in [2.45, 2.75) is 6.42 Å². The third-order valence-electron chi connectivity index (χ3n) is 3.01. The lowest BCUT2D eigenvalue weighted by atomic mass is 10.1. The first kappa shape index (κ1) is 15.3.